The van der Waals surface area contributed by atoms with E-state index in [0.29, 0.717) is 0 Å². The minimum absolute atomic E-state index is 0.0221. The van der Waals surface area contributed by atoms with Crippen LogP contribution in [-0.2, 0) is 6.61 Å². The van der Waals surface area contributed by atoms with Crippen molar-refractivity contribution in [3.05, 3.63) is 62.6 Å². The molecule has 0 unspecified atom stereocenters. The Balaban J connectivity index is 2.28. The van der Waals surface area contributed by atoms with Crippen LogP contribution in [0.15, 0.2) is 46.9 Å². The Hall–Kier alpha value is -2.08. The topological polar surface area (TPSA) is 72.6 Å². The van der Waals surface area contributed by atoms with E-state index in [1.54, 1.807) is 0 Å². The predicted octanol–water partition coefficient (Wildman–Crippen LogP) is 3.64. The van der Waals surface area contributed by atoms with E-state index in [9.17, 15) is 15.2 Å². The number of benzene rings is 2. The molecule has 0 fully saturated rings. The fourth-order valence-electron chi connectivity index (χ4n) is 1.55. The molecule has 2 aromatic carbocycles. The summed E-state index contributed by atoms with van der Waals surface area (Å²) in [7, 11) is 0. The normalized spacial score (nSPS) is 10.2. The third-order valence-electron chi connectivity index (χ3n) is 2.48. The third kappa shape index (κ3) is 3.03. The minimum atomic E-state index is -0.551. The summed E-state index contributed by atoms with van der Waals surface area (Å²) in [6.07, 6.45) is 0. The van der Waals surface area contributed by atoms with E-state index in [-0.39, 0.29) is 28.3 Å². The van der Waals surface area contributed by atoms with E-state index in [1.807, 2.05) is 30.3 Å². The van der Waals surface area contributed by atoms with Crippen molar-refractivity contribution in [1.82, 2.24) is 0 Å². The number of hydrogen-bond acceptors (Lipinski definition) is 4. The lowest BCUT2D eigenvalue weighted by Gasteiger charge is -2.09. The molecule has 19 heavy (non-hydrogen) atoms. The Bertz CT molecular complexity index is 601. The van der Waals surface area contributed by atoms with Gasteiger partial charge < -0.3 is 9.84 Å². The van der Waals surface area contributed by atoms with E-state index in [4.69, 9.17) is 4.74 Å². The van der Waals surface area contributed by atoms with Crippen LogP contribution in [0.2, 0.25) is 0 Å². The Morgan fingerprint density at radius 3 is 2.53 bits per heavy atom. The average Bonchev–Trinajstić information content (AvgIpc) is 2.41. The lowest BCUT2D eigenvalue weighted by atomic mass is 10.2. The summed E-state index contributed by atoms with van der Waals surface area (Å²) in [5.41, 5.74) is 0.688. The maximum absolute atomic E-state index is 10.9. The minimum Gasteiger partial charge on any atom is -0.507 e. The predicted molar refractivity (Wildman–Crippen MR) is 73.2 cm³/mol. The van der Waals surface area contributed by atoms with Crippen molar-refractivity contribution in [3.63, 3.8) is 0 Å². The first-order chi connectivity index (χ1) is 9.09. The lowest BCUT2D eigenvalue weighted by Crippen LogP contribution is -2.00. The van der Waals surface area contributed by atoms with Gasteiger partial charge in [0.1, 0.15) is 16.8 Å². The summed E-state index contributed by atoms with van der Waals surface area (Å²) in [4.78, 5) is 10.4. The molecule has 2 rings (SSSR count). The van der Waals surface area contributed by atoms with Crippen molar-refractivity contribution < 1.29 is 14.8 Å². The van der Waals surface area contributed by atoms with Crippen molar-refractivity contribution in [2.45, 2.75) is 6.61 Å². The zero-order valence-corrected chi connectivity index (χ0v) is 11.3. The number of aromatic hydroxyl groups is 1. The molecule has 0 aliphatic rings. The van der Waals surface area contributed by atoms with E-state index < -0.39 is 4.92 Å². The third-order valence-corrected chi connectivity index (χ3v) is 3.24. The standard InChI is InChI=1S/C13H10BrNO4/c14-12-11(16)7-6-10(15(17)18)13(12)19-8-9-4-2-1-3-5-9/h1-7,16H,8H2. The second kappa shape index (κ2) is 5.71. The van der Waals surface area contributed by atoms with Crippen molar-refractivity contribution in [2.75, 3.05) is 0 Å². The van der Waals surface area contributed by atoms with Gasteiger partial charge in [-0.25, -0.2) is 0 Å². The maximum Gasteiger partial charge on any atom is 0.312 e. The first-order valence-corrected chi connectivity index (χ1v) is 6.21. The highest BCUT2D eigenvalue weighted by Gasteiger charge is 2.21. The monoisotopic (exact) mass is 323 g/mol. The molecule has 0 aliphatic carbocycles. The SMILES string of the molecule is O=[N+]([O-])c1ccc(O)c(Br)c1OCc1ccccc1. The second-order valence-corrected chi connectivity index (χ2v) is 4.57. The zero-order chi connectivity index (χ0) is 13.8. The molecule has 1 N–H and O–H groups in total. The highest BCUT2D eigenvalue weighted by Crippen LogP contribution is 2.41. The van der Waals surface area contributed by atoms with Gasteiger partial charge in [-0.3, -0.25) is 10.1 Å². The number of nitrogens with zero attached hydrogens (tertiary/aromatic N) is 1. The summed E-state index contributed by atoms with van der Waals surface area (Å²) in [5, 5.41) is 20.5. The van der Waals surface area contributed by atoms with E-state index in [1.165, 1.54) is 12.1 Å². The number of nitro benzene ring substituents is 1. The smallest absolute Gasteiger partial charge is 0.312 e. The first-order valence-electron chi connectivity index (χ1n) is 5.42. The molecule has 2 aromatic rings. The number of nitro groups is 1. The van der Waals surface area contributed by atoms with Crippen LogP contribution >= 0.6 is 15.9 Å². The summed E-state index contributed by atoms with van der Waals surface area (Å²) in [5.74, 6) is -0.0810. The van der Waals surface area contributed by atoms with Crippen molar-refractivity contribution in [2.24, 2.45) is 0 Å². The Kier molecular flexibility index (Phi) is 4.01. The Morgan fingerprint density at radius 2 is 1.89 bits per heavy atom. The van der Waals surface area contributed by atoms with Crippen LogP contribution in [0.3, 0.4) is 0 Å². The number of ether oxygens (including phenoxy) is 1. The molecule has 98 valence electrons. The number of rotatable bonds is 4. The molecule has 0 aromatic heterocycles. The summed E-state index contributed by atoms with van der Waals surface area (Å²) in [6, 6.07) is 11.7. The second-order valence-electron chi connectivity index (χ2n) is 3.78. The quantitative estimate of drug-likeness (QED) is 0.688. The van der Waals surface area contributed by atoms with Crippen LogP contribution in [0.25, 0.3) is 0 Å². The molecule has 0 bridgehead atoms. The molecule has 5 nitrogen and oxygen atoms in total. The van der Waals surface area contributed by atoms with Gasteiger partial charge in [-0.2, -0.15) is 0 Å². The molecule has 0 aliphatic heterocycles. The lowest BCUT2D eigenvalue weighted by molar-refractivity contribution is -0.386. The molecule has 6 heteroatoms. The van der Waals surface area contributed by atoms with E-state index in [2.05, 4.69) is 15.9 Å². The number of halogens is 1. The van der Waals surface area contributed by atoms with Gasteiger partial charge in [0.2, 0.25) is 5.75 Å². The van der Waals surface area contributed by atoms with Crippen LogP contribution in [0.1, 0.15) is 5.56 Å². The van der Waals surface area contributed by atoms with Gasteiger partial charge in [0.05, 0.1) is 4.92 Å². The Morgan fingerprint density at radius 1 is 1.21 bits per heavy atom. The number of phenols is 1. The van der Waals surface area contributed by atoms with Crippen LogP contribution in [0, 0.1) is 10.1 Å². The van der Waals surface area contributed by atoms with Gasteiger partial charge in [-0.15, -0.1) is 0 Å². The molecule has 0 amide bonds. The van der Waals surface area contributed by atoms with Gasteiger partial charge in [0, 0.05) is 6.07 Å². The number of phenolic OH excluding ortho intramolecular Hbond substituents is 1. The number of hydrogen-bond donors (Lipinski definition) is 1. The van der Waals surface area contributed by atoms with Gasteiger partial charge in [0.15, 0.2) is 0 Å². The zero-order valence-electron chi connectivity index (χ0n) is 9.75. The molecule has 0 spiro atoms. The first kappa shape index (κ1) is 13.4. The molecule has 0 heterocycles. The largest absolute Gasteiger partial charge is 0.507 e. The van der Waals surface area contributed by atoms with Crippen LogP contribution in [0.4, 0.5) is 5.69 Å². The molecule has 0 saturated carbocycles. The van der Waals surface area contributed by atoms with Gasteiger partial charge in [-0.05, 0) is 27.6 Å². The fraction of sp³-hybridized carbons (Fsp3) is 0.0769. The highest BCUT2D eigenvalue weighted by molar-refractivity contribution is 9.10. The molecular formula is C13H10BrNO4. The average molecular weight is 324 g/mol. The van der Waals surface area contributed by atoms with Crippen LogP contribution in [0.5, 0.6) is 11.5 Å². The molecular weight excluding hydrogens is 314 g/mol. The molecule has 0 radical (unpaired) electrons. The van der Waals surface area contributed by atoms with Crippen molar-refractivity contribution >= 4 is 21.6 Å². The summed E-state index contributed by atoms with van der Waals surface area (Å²) >= 11 is 3.09. The summed E-state index contributed by atoms with van der Waals surface area (Å²) in [6.45, 7) is 0.184. The Labute approximate surface area is 117 Å². The van der Waals surface area contributed by atoms with E-state index >= 15 is 0 Å². The van der Waals surface area contributed by atoms with Crippen molar-refractivity contribution in [1.29, 1.82) is 0 Å². The molecule has 0 saturated heterocycles. The summed E-state index contributed by atoms with van der Waals surface area (Å²) < 4.78 is 5.63. The van der Waals surface area contributed by atoms with E-state index in [0.717, 1.165) is 5.56 Å². The van der Waals surface area contributed by atoms with Gasteiger partial charge in [-0.1, -0.05) is 30.3 Å². The fourth-order valence-corrected chi connectivity index (χ4v) is 2.00. The molecule has 0 atom stereocenters. The maximum atomic E-state index is 10.9. The van der Waals surface area contributed by atoms with Gasteiger partial charge in [0.25, 0.3) is 0 Å². The van der Waals surface area contributed by atoms with Crippen LogP contribution < -0.4 is 4.74 Å². The van der Waals surface area contributed by atoms with Crippen LogP contribution in [-0.4, -0.2) is 10.0 Å². The van der Waals surface area contributed by atoms with Crippen molar-refractivity contribution in [3.8, 4) is 11.5 Å². The van der Waals surface area contributed by atoms with Gasteiger partial charge >= 0.3 is 5.69 Å². The highest BCUT2D eigenvalue weighted by atomic mass is 79.9.